The summed E-state index contributed by atoms with van der Waals surface area (Å²) in [4.78, 5) is 27.8. The number of sulfone groups is 1. The second-order valence-corrected chi connectivity index (χ2v) is 8.44. The fourth-order valence-electron chi connectivity index (χ4n) is 3.05. The van der Waals surface area contributed by atoms with Crippen molar-refractivity contribution in [2.75, 3.05) is 30.0 Å². The Labute approximate surface area is 141 Å². The molecule has 1 saturated heterocycles. The average molecular weight is 352 g/mol. The normalized spacial score (nSPS) is 25.1. The number of amides is 2. The minimum Gasteiger partial charge on any atom is -0.479 e. The van der Waals surface area contributed by atoms with E-state index < -0.39 is 15.9 Å². The predicted octanol–water partition coefficient (Wildman–Crippen LogP) is 0.446. The quantitative estimate of drug-likeness (QED) is 0.788. The van der Waals surface area contributed by atoms with Crippen LogP contribution in [0.2, 0.25) is 0 Å². The van der Waals surface area contributed by atoms with Crippen LogP contribution in [0.5, 0.6) is 5.75 Å². The highest BCUT2D eigenvalue weighted by Gasteiger charge is 2.36. The molecule has 0 aromatic heterocycles. The summed E-state index contributed by atoms with van der Waals surface area (Å²) in [6, 6.07) is 6.73. The van der Waals surface area contributed by atoms with Crippen molar-refractivity contribution >= 4 is 27.3 Å². The third-order valence-electron chi connectivity index (χ3n) is 4.52. The van der Waals surface area contributed by atoms with E-state index in [-0.39, 0.29) is 35.9 Å². The van der Waals surface area contributed by atoms with Gasteiger partial charge in [-0.15, -0.1) is 0 Å². The van der Waals surface area contributed by atoms with E-state index in [9.17, 15) is 18.0 Å². The first-order valence-electron chi connectivity index (χ1n) is 7.81. The molecule has 2 unspecified atom stereocenters. The zero-order valence-corrected chi connectivity index (χ0v) is 14.5. The van der Waals surface area contributed by atoms with Crippen LogP contribution in [-0.2, 0) is 19.4 Å². The third kappa shape index (κ3) is 3.10. The largest absolute Gasteiger partial charge is 0.479 e. The number of hydrogen-bond acceptors (Lipinski definition) is 5. The zero-order chi connectivity index (χ0) is 17.5. The zero-order valence-electron chi connectivity index (χ0n) is 13.6. The number of hydrogen-bond donors (Lipinski definition) is 0. The van der Waals surface area contributed by atoms with Gasteiger partial charge in [-0.2, -0.15) is 0 Å². The Kier molecular flexibility index (Phi) is 4.25. The molecule has 2 aliphatic rings. The van der Waals surface area contributed by atoms with Gasteiger partial charge in [0.1, 0.15) is 12.3 Å². The predicted molar refractivity (Wildman–Crippen MR) is 88.7 cm³/mol. The van der Waals surface area contributed by atoms with Crippen molar-refractivity contribution in [3.8, 4) is 5.75 Å². The molecule has 1 aromatic rings. The lowest BCUT2D eigenvalue weighted by Gasteiger charge is -2.34. The summed E-state index contributed by atoms with van der Waals surface area (Å²) in [5.74, 6) is 0.0811. The molecule has 2 atom stereocenters. The molecule has 0 N–H and O–H groups in total. The van der Waals surface area contributed by atoms with Crippen LogP contribution in [-0.4, -0.2) is 62.4 Å². The number of carbonyl (C=O) groups is 2. The summed E-state index contributed by atoms with van der Waals surface area (Å²) in [5.41, 5.74) is 0.557. The van der Waals surface area contributed by atoms with Crippen molar-refractivity contribution in [2.45, 2.75) is 25.5 Å². The van der Waals surface area contributed by atoms with Crippen LogP contribution in [0.1, 0.15) is 13.3 Å². The molecule has 0 aliphatic carbocycles. The van der Waals surface area contributed by atoms with E-state index in [0.717, 1.165) is 0 Å². The van der Waals surface area contributed by atoms with Gasteiger partial charge < -0.3 is 9.64 Å². The summed E-state index contributed by atoms with van der Waals surface area (Å²) in [6.07, 6.45) is -0.223. The Morgan fingerprint density at radius 1 is 1.38 bits per heavy atom. The fraction of sp³-hybridized carbons (Fsp3) is 0.500. The number of para-hydroxylation sites is 2. The van der Waals surface area contributed by atoms with E-state index in [2.05, 4.69) is 0 Å². The van der Waals surface area contributed by atoms with Crippen LogP contribution in [0.25, 0.3) is 0 Å². The monoisotopic (exact) mass is 352 g/mol. The van der Waals surface area contributed by atoms with Crippen molar-refractivity contribution < 1.29 is 22.7 Å². The Hall–Kier alpha value is -2.09. The minimum atomic E-state index is -3.07. The first kappa shape index (κ1) is 16.8. The number of nitrogens with zero attached hydrogens (tertiary/aromatic N) is 2. The summed E-state index contributed by atoms with van der Waals surface area (Å²) < 4.78 is 28.7. The van der Waals surface area contributed by atoms with Crippen molar-refractivity contribution in [3.05, 3.63) is 24.3 Å². The standard InChI is InChI=1S/C16H20N2O5S/c1-11-16(20)18(13-5-3-4-6-14(13)23-11)9-15(19)17(2)12-7-8-24(21,22)10-12/h3-6,11-12H,7-10H2,1-2H3. The highest BCUT2D eigenvalue weighted by molar-refractivity contribution is 7.91. The number of benzene rings is 1. The second kappa shape index (κ2) is 6.08. The molecule has 0 saturated carbocycles. The van der Waals surface area contributed by atoms with E-state index in [4.69, 9.17) is 4.74 Å². The van der Waals surface area contributed by atoms with Gasteiger partial charge in [-0.1, -0.05) is 12.1 Å². The lowest BCUT2D eigenvalue weighted by atomic mass is 10.1. The van der Waals surface area contributed by atoms with Gasteiger partial charge in [-0.3, -0.25) is 14.5 Å². The van der Waals surface area contributed by atoms with E-state index >= 15 is 0 Å². The Morgan fingerprint density at radius 3 is 2.75 bits per heavy atom. The summed E-state index contributed by atoms with van der Waals surface area (Å²) in [6.45, 7) is 1.51. The van der Waals surface area contributed by atoms with E-state index in [1.165, 1.54) is 9.80 Å². The van der Waals surface area contributed by atoms with Gasteiger partial charge >= 0.3 is 0 Å². The maximum atomic E-state index is 12.6. The van der Waals surface area contributed by atoms with Crippen molar-refractivity contribution in [2.24, 2.45) is 0 Å². The molecule has 8 heteroatoms. The topological polar surface area (TPSA) is 84.0 Å². The molecule has 0 radical (unpaired) electrons. The lowest BCUT2D eigenvalue weighted by molar-refractivity contribution is -0.133. The lowest BCUT2D eigenvalue weighted by Crippen LogP contribution is -2.50. The van der Waals surface area contributed by atoms with Gasteiger partial charge in [0.15, 0.2) is 15.9 Å². The van der Waals surface area contributed by atoms with E-state index in [0.29, 0.717) is 17.9 Å². The van der Waals surface area contributed by atoms with Crippen LogP contribution >= 0.6 is 0 Å². The number of rotatable bonds is 3. The number of likely N-dealkylation sites (N-methyl/N-ethyl adjacent to an activating group) is 1. The molecule has 0 bridgehead atoms. The van der Waals surface area contributed by atoms with Crippen LogP contribution in [0.15, 0.2) is 24.3 Å². The maximum absolute atomic E-state index is 12.6. The van der Waals surface area contributed by atoms with Crippen LogP contribution in [0.3, 0.4) is 0 Å². The molecule has 3 rings (SSSR count). The molecular formula is C16H20N2O5S. The highest BCUT2D eigenvalue weighted by atomic mass is 32.2. The van der Waals surface area contributed by atoms with Crippen LogP contribution < -0.4 is 9.64 Å². The molecule has 1 fully saturated rings. The Balaban J connectivity index is 1.77. The minimum absolute atomic E-state index is 0.0146. The molecule has 2 aliphatic heterocycles. The molecular weight excluding hydrogens is 332 g/mol. The molecule has 2 heterocycles. The molecule has 1 aromatic carbocycles. The third-order valence-corrected chi connectivity index (χ3v) is 6.27. The molecule has 130 valence electrons. The number of fused-ring (bicyclic) bond motifs is 1. The molecule has 2 amide bonds. The van der Waals surface area contributed by atoms with Gasteiger partial charge in [0.2, 0.25) is 5.91 Å². The smallest absolute Gasteiger partial charge is 0.268 e. The summed E-state index contributed by atoms with van der Waals surface area (Å²) in [5, 5.41) is 0. The summed E-state index contributed by atoms with van der Waals surface area (Å²) >= 11 is 0. The van der Waals surface area contributed by atoms with Crippen molar-refractivity contribution in [1.82, 2.24) is 4.90 Å². The number of carbonyl (C=O) groups excluding carboxylic acids is 2. The van der Waals surface area contributed by atoms with Crippen molar-refractivity contribution in [1.29, 1.82) is 0 Å². The average Bonchev–Trinajstić information content (AvgIpc) is 2.90. The first-order valence-corrected chi connectivity index (χ1v) is 9.64. The van der Waals surface area contributed by atoms with E-state index in [1.54, 1.807) is 38.2 Å². The van der Waals surface area contributed by atoms with E-state index in [1.807, 2.05) is 0 Å². The maximum Gasteiger partial charge on any atom is 0.268 e. The van der Waals surface area contributed by atoms with Crippen molar-refractivity contribution in [3.63, 3.8) is 0 Å². The van der Waals surface area contributed by atoms with Gasteiger partial charge in [-0.25, -0.2) is 8.42 Å². The summed E-state index contributed by atoms with van der Waals surface area (Å²) in [7, 11) is -1.48. The second-order valence-electron chi connectivity index (χ2n) is 6.21. The molecule has 24 heavy (non-hydrogen) atoms. The molecule has 7 nitrogen and oxygen atoms in total. The number of anilines is 1. The molecule has 0 spiro atoms. The highest BCUT2D eigenvalue weighted by Crippen LogP contribution is 2.33. The van der Waals surface area contributed by atoms with Crippen LogP contribution in [0.4, 0.5) is 5.69 Å². The van der Waals surface area contributed by atoms with Gasteiger partial charge in [0.25, 0.3) is 5.91 Å². The Bertz CT molecular complexity index is 776. The first-order chi connectivity index (χ1) is 11.3. The van der Waals surface area contributed by atoms with Gasteiger partial charge in [-0.05, 0) is 25.5 Å². The van der Waals surface area contributed by atoms with Gasteiger partial charge in [0, 0.05) is 13.1 Å². The Morgan fingerprint density at radius 2 is 2.08 bits per heavy atom. The fourth-order valence-corrected chi connectivity index (χ4v) is 4.83. The van der Waals surface area contributed by atoms with Gasteiger partial charge in [0.05, 0.1) is 17.2 Å². The SMILES string of the molecule is CC1Oc2ccccc2N(CC(=O)N(C)C2CCS(=O)(=O)C2)C1=O. The van der Waals surface area contributed by atoms with Crippen LogP contribution in [0, 0.1) is 0 Å². The number of ether oxygens (including phenoxy) is 1.